The molecule has 3 saturated heterocycles. The average molecular weight is 514 g/mol. The summed E-state index contributed by atoms with van der Waals surface area (Å²) in [6.07, 6.45) is 0.777. The number of ether oxygens (including phenoxy) is 1. The van der Waals surface area contributed by atoms with Crippen LogP contribution in [0.3, 0.4) is 0 Å². The summed E-state index contributed by atoms with van der Waals surface area (Å²) in [5, 5.41) is 1.95. The minimum Gasteiger partial charge on any atom is -0.376 e. The molecule has 36 heavy (non-hydrogen) atoms. The van der Waals surface area contributed by atoms with E-state index in [0.29, 0.717) is 48.8 Å². The van der Waals surface area contributed by atoms with Crippen LogP contribution in [0.15, 0.2) is 29.1 Å². The number of likely N-dealkylation sites (N-methyl/N-ethyl adjacent to an activating group) is 1. The quantitative estimate of drug-likeness (QED) is 0.498. The molecule has 3 aliphatic heterocycles. The number of likely N-dealkylation sites (tertiary alicyclic amines) is 1. The molecule has 188 valence electrons. The number of hydrazine groups is 1. The minimum absolute atomic E-state index is 0.0510. The summed E-state index contributed by atoms with van der Waals surface area (Å²) in [5.74, 6) is -0.492. The van der Waals surface area contributed by atoms with Gasteiger partial charge in [0, 0.05) is 40.9 Å². The molecular weight excluding hydrogens is 487 g/mol. The van der Waals surface area contributed by atoms with Crippen molar-refractivity contribution in [2.45, 2.75) is 44.4 Å². The zero-order valence-corrected chi connectivity index (χ0v) is 21.1. The van der Waals surface area contributed by atoms with E-state index in [4.69, 9.17) is 21.3 Å². The number of hydrogen-bond acceptors (Lipinski definition) is 6. The van der Waals surface area contributed by atoms with E-state index in [0.717, 1.165) is 11.3 Å². The van der Waals surface area contributed by atoms with Crippen LogP contribution in [0, 0.1) is 24.6 Å². The van der Waals surface area contributed by atoms with E-state index in [2.05, 4.69) is 9.88 Å². The number of rotatable bonds is 3. The van der Waals surface area contributed by atoms with Gasteiger partial charge in [-0.05, 0) is 38.5 Å². The largest absolute Gasteiger partial charge is 0.376 e. The van der Waals surface area contributed by atoms with Gasteiger partial charge >= 0.3 is 0 Å². The molecular formula is C25H27ClFN6O3+. The van der Waals surface area contributed by atoms with E-state index < -0.39 is 5.82 Å². The molecule has 1 aromatic carbocycles. The Bertz CT molecular complexity index is 1460. The van der Waals surface area contributed by atoms with Crippen molar-refractivity contribution in [1.82, 2.24) is 24.3 Å². The second kappa shape index (κ2) is 8.57. The third-order valence-electron chi connectivity index (χ3n) is 7.88. The molecule has 0 amide bonds. The first-order valence-corrected chi connectivity index (χ1v) is 12.5. The molecule has 4 atom stereocenters. The maximum absolute atomic E-state index is 15.1. The number of aromatic nitrogens is 3. The van der Waals surface area contributed by atoms with Gasteiger partial charge in [-0.2, -0.15) is 0 Å². The summed E-state index contributed by atoms with van der Waals surface area (Å²) < 4.78 is 22.7. The van der Waals surface area contributed by atoms with Gasteiger partial charge in [0.2, 0.25) is 6.54 Å². The van der Waals surface area contributed by atoms with Crippen molar-refractivity contribution >= 4 is 17.2 Å². The maximum Gasteiger partial charge on any atom is 0.262 e. The van der Waals surface area contributed by atoms with E-state index >= 15 is 4.39 Å². The highest BCUT2D eigenvalue weighted by Gasteiger charge is 2.49. The third-order valence-corrected chi connectivity index (χ3v) is 8.11. The van der Waals surface area contributed by atoms with Crippen LogP contribution in [0.4, 0.5) is 4.39 Å². The van der Waals surface area contributed by atoms with Gasteiger partial charge in [-0.3, -0.25) is 9.69 Å². The minimum atomic E-state index is -0.564. The van der Waals surface area contributed by atoms with Gasteiger partial charge in [0.1, 0.15) is 22.4 Å². The van der Waals surface area contributed by atoms with Crippen LogP contribution in [0.5, 0.6) is 0 Å². The summed E-state index contributed by atoms with van der Waals surface area (Å²) in [6, 6.07) is 6.48. The van der Waals surface area contributed by atoms with E-state index in [9.17, 15) is 9.70 Å². The van der Waals surface area contributed by atoms with Crippen LogP contribution in [-0.4, -0.2) is 80.6 Å². The standard InChI is InChI=1S/C25H27ClFN6O3/c1-13-14(2)28-23-8-21(29-24(33(23)25(13)34)18-5-4-15(26)6-20(18)27)19-11-31(16-7-22(19)36-12-16)17-9-30(3)32(35)10-17/h4-6,8,16-17,19,22H,7,9-12H2,1-3H3/q+1. The Morgan fingerprint density at radius 3 is 2.69 bits per heavy atom. The molecule has 9 nitrogen and oxygen atoms in total. The van der Waals surface area contributed by atoms with Gasteiger partial charge in [-0.1, -0.05) is 11.6 Å². The number of hydrogen-bond donors (Lipinski definition) is 0. The van der Waals surface area contributed by atoms with Crippen molar-refractivity contribution in [3.8, 4) is 11.4 Å². The van der Waals surface area contributed by atoms with Crippen molar-refractivity contribution in [2.75, 3.05) is 33.3 Å². The number of nitrogens with zero attached hydrogens (tertiary/aromatic N) is 6. The van der Waals surface area contributed by atoms with Crippen molar-refractivity contribution in [3.05, 3.63) is 67.3 Å². The molecule has 11 heteroatoms. The first kappa shape index (κ1) is 23.4. The lowest BCUT2D eigenvalue weighted by Gasteiger charge is -2.38. The van der Waals surface area contributed by atoms with Crippen molar-refractivity contribution in [2.24, 2.45) is 0 Å². The Morgan fingerprint density at radius 2 is 1.97 bits per heavy atom. The number of halogens is 2. The van der Waals surface area contributed by atoms with Gasteiger partial charge in [0.25, 0.3) is 5.56 Å². The van der Waals surface area contributed by atoms with Gasteiger partial charge in [0.05, 0.1) is 42.5 Å². The first-order chi connectivity index (χ1) is 17.2. The van der Waals surface area contributed by atoms with E-state index in [1.165, 1.54) is 16.5 Å². The highest BCUT2D eigenvalue weighted by Crippen LogP contribution is 2.39. The molecule has 3 fully saturated rings. The fourth-order valence-electron chi connectivity index (χ4n) is 5.77. The van der Waals surface area contributed by atoms with E-state index in [1.807, 2.05) is 6.07 Å². The highest BCUT2D eigenvalue weighted by atomic mass is 35.5. The van der Waals surface area contributed by atoms with Crippen molar-refractivity contribution in [3.63, 3.8) is 0 Å². The van der Waals surface area contributed by atoms with Crippen LogP contribution >= 0.6 is 11.6 Å². The number of aryl methyl sites for hydroxylation is 1. The summed E-state index contributed by atoms with van der Waals surface area (Å²) in [4.78, 5) is 38.4. The Hall–Kier alpha value is -2.95. The molecule has 5 heterocycles. The van der Waals surface area contributed by atoms with Gasteiger partial charge in [-0.15, -0.1) is 5.01 Å². The topological polar surface area (TPSA) is 83.1 Å². The summed E-state index contributed by atoms with van der Waals surface area (Å²) in [5.41, 5.74) is 2.09. The molecule has 2 bridgehead atoms. The summed E-state index contributed by atoms with van der Waals surface area (Å²) >= 11 is 6.00. The summed E-state index contributed by atoms with van der Waals surface area (Å²) in [7, 11) is 1.80. The normalized spacial score (nSPS) is 26.4. The molecule has 3 aromatic rings. The second-order valence-electron chi connectivity index (χ2n) is 10.0. The molecule has 3 aliphatic rings. The number of benzene rings is 1. The smallest absolute Gasteiger partial charge is 0.262 e. The fraction of sp³-hybridized carbons (Fsp3) is 0.480. The molecule has 0 N–H and O–H groups in total. The second-order valence-corrected chi connectivity index (χ2v) is 10.5. The lowest BCUT2D eigenvalue weighted by atomic mass is 9.88. The fourth-order valence-corrected chi connectivity index (χ4v) is 5.93. The van der Waals surface area contributed by atoms with Crippen LogP contribution in [0.2, 0.25) is 5.02 Å². The van der Waals surface area contributed by atoms with Crippen LogP contribution in [0.25, 0.3) is 17.0 Å². The van der Waals surface area contributed by atoms with E-state index in [1.54, 1.807) is 32.0 Å². The molecule has 2 aromatic heterocycles. The monoisotopic (exact) mass is 513 g/mol. The Labute approximate surface area is 212 Å². The van der Waals surface area contributed by atoms with Crippen molar-refractivity contribution in [1.29, 1.82) is 0 Å². The molecule has 0 saturated carbocycles. The Balaban J connectivity index is 1.50. The lowest BCUT2D eigenvalue weighted by Crippen LogP contribution is -2.51. The Morgan fingerprint density at radius 1 is 1.17 bits per heavy atom. The number of fused-ring (bicyclic) bond motifs is 3. The molecule has 0 aliphatic carbocycles. The maximum atomic E-state index is 15.1. The first-order valence-electron chi connectivity index (χ1n) is 12.1. The van der Waals surface area contributed by atoms with Gasteiger partial charge in [0.15, 0.2) is 5.82 Å². The molecule has 0 spiro atoms. The summed E-state index contributed by atoms with van der Waals surface area (Å²) in [6.45, 7) is 5.81. The predicted octanol–water partition coefficient (Wildman–Crippen LogP) is 2.73. The van der Waals surface area contributed by atoms with Crippen LogP contribution in [-0.2, 0) is 4.74 Å². The van der Waals surface area contributed by atoms with Gasteiger partial charge in [-0.25, -0.2) is 18.8 Å². The third kappa shape index (κ3) is 3.70. The lowest BCUT2D eigenvalue weighted by molar-refractivity contribution is -0.679. The highest BCUT2D eigenvalue weighted by molar-refractivity contribution is 6.30. The molecule has 6 rings (SSSR count). The zero-order chi connectivity index (χ0) is 25.3. The van der Waals surface area contributed by atoms with E-state index in [-0.39, 0.29) is 46.1 Å². The molecule has 0 radical (unpaired) electrons. The Kier molecular flexibility index (Phi) is 5.58. The van der Waals surface area contributed by atoms with Crippen molar-refractivity contribution < 1.29 is 14.0 Å². The number of piperidine rings is 1. The average Bonchev–Trinajstić information content (AvgIpc) is 3.40. The van der Waals surface area contributed by atoms with Gasteiger partial charge < -0.3 is 4.74 Å². The van der Waals surface area contributed by atoms with Crippen LogP contribution in [0.1, 0.15) is 29.3 Å². The predicted molar refractivity (Wildman–Crippen MR) is 132 cm³/mol. The van der Waals surface area contributed by atoms with Crippen LogP contribution < -0.4 is 5.56 Å². The molecule has 4 unspecified atom stereocenters. The SMILES string of the molecule is Cc1nc2cc(C3CN(C4CN(C)[N+](=O)C4)C4COC3C4)nc(-c3ccc(Cl)cc3F)n2c(=O)c1C. The zero-order valence-electron chi connectivity index (χ0n) is 20.3. The number of nitroso groups, excluding NO2 is 1.